The van der Waals surface area contributed by atoms with Crippen molar-refractivity contribution in [1.82, 2.24) is 10.3 Å². The Bertz CT molecular complexity index is 892. The standard InChI is InChI=1S/C21H22N2OS/c24-20(19-13-15(10-11-22-19)21-9-4-12-25-21)8-3-5-16-14-23-18-7-2-1-6-17(16)18/h1-2,4,6-7,9-10,12,14,19,22-23H,3,5,8,11,13H2. The zero-order valence-electron chi connectivity index (χ0n) is 14.1. The molecule has 1 aliphatic heterocycles. The fraction of sp³-hybridized carbons (Fsp3) is 0.286. The van der Waals surface area contributed by atoms with E-state index in [2.05, 4.69) is 58.3 Å². The monoisotopic (exact) mass is 350 g/mol. The molecule has 0 saturated carbocycles. The van der Waals surface area contributed by atoms with Gasteiger partial charge in [-0.05, 0) is 47.9 Å². The molecule has 0 amide bonds. The summed E-state index contributed by atoms with van der Waals surface area (Å²) in [6.45, 7) is 0.784. The van der Waals surface area contributed by atoms with E-state index in [0.717, 1.165) is 25.8 Å². The summed E-state index contributed by atoms with van der Waals surface area (Å²) in [6.07, 6.45) is 7.57. The summed E-state index contributed by atoms with van der Waals surface area (Å²) < 4.78 is 0. The second-order valence-corrected chi connectivity index (χ2v) is 7.50. The minimum absolute atomic E-state index is 0.0370. The van der Waals surface area contributed by atoms with E-state index in [0.29, 0.717) is 12.2 Å². The van der Waals surface area contributed by atoms with Gasteiger partial charge in [0.05, 0.1) is 6.04 Å². The lowest BCUT2D eigenvalue weighted by atomic mass is 9.94. The Morgan fingerprint density at radius 1 is 1.20 bits per heavy atom. The van der Waals surface area contributed by atoms with Gasteiger partial charge in [-0.3, -0.25) is 4.79 Å². The first-order chi connectivity index (χ1) is 12.3. The van der Waals surface area contributed by atoms with Gasteiger partial charge in [0.2, 0.25) is 0 Å². The molecule has 128 valence electrons. The highest BCUT2D eigenvalue weighted by Gasteiger charge is 2.22. The summed E-state index contributed by atoms with van der Waals surface area (Å²) in [6, 6.07) is 12.5. The fourth-order valence-electron chi connectivity index (χ4n) is 3.56. The Hall–Kier alpha value is -2.17. The number of hydrogen-bond donors (Lipinski definition) is 2. The van der Waals surface area contributed by atoms with Gasteiger partial charge in [-0.1, -0.05) is 30.3 Å². The number of Topliss-reactive ketones (excluding diaryl/α,β-unsaturated/α-hetero) is 1. The van der Waals surface area contributed by atoms with Crippen molar-refractivity contribution >= 4 is 33.6 Å². The first-order valence-electron chi connectivity index (χ1n) is 8.85. The van der Waals surface area contributed by atoms with E-state index in [-0.39, 0.29) is 6.04 Å². The molecule has 1 atom stereocenters. The van der Waals surface area contributed by atoms with Gasteiger partial charge in [0.15, 0.2) is 0 Å². The molecule has 3 nitrogen and oxygen atoms in total. The summed E-state index contributed by atoms with van der Waals surface area (Å²) in [5, 5.41) is 6.72. The predicted octanol–water partition coefficient (Wildman–Crippen LogP) is 4.57. The highest BCUT2D eigenvalue weighted by atomic mass is 32.1. The summed E-state index contributed by atoms with van der Waals surface area (Å²) in [4.78, 5) is 17.2. The van der Waals surface area contributed by atoms with Gasteiger partial charge >= 0.3 is 0 Å². The molecule has 0 saturated heterocycles. The number of H-pyrrole nitrogens is 1. The Labute approximate surface area is 151 Å². The SMILES string of the molecule is O=C(CCCc1c[nH]c2ccccc12)C1CC(c2cccs2)=CCN1. The molecule has 0 spiro atoms. The maximum absolute atomic E-state index is 12.6. The van der Waals surface area contributed by atoms with E-state index in [9.17, 15) is 4.79 Å². The minimum Gasteiger partial charge on any atom is -0.361 e. The van der Waals surface area contributed by atoms with Crippen molar-refractivity contribution in [3.63, 3.8) is 0 Å². The van der Waals surface area contributed by atoms with Crippen molar-refractivity contribution in [2.75, 3.05) is 6.54 Å². The number of hydrogen-bond acceptors (Lipinski definition) is 3. The Morgan fingerprint density at radius 3 is 3.00 bits per heavy atom. The Kier molecular flexibility index (Phi) is 4.81. The number of aryl methyl sites for hydroxylation is 1. The fourth-order valence-corrected chi connectivity index (χ4v) is 4.33. The highest BCUT2D eigenvalue weighted by molar-refractivity contribution is 7.11. The van der Waals surface area contributed by atoms with Gasteiger partial charge in [-0.15, -0.1) is 11.3 Å². The van der Waals surface area contributed by atoms with Crippen LogP contribution >= 0.6 is 11.3 Å². The van der Waals surface area contributed by atoms with E-state index in [1.807, 2.05) is 6.07 Å². The molecule has 2 aromatic heterocycles. The van der Waals surface area contributed by atoms with Crippen LogP contribution in [0.3, 0.4) is 0 Å². The third-order valence-corrected chi connectivity index (χ3v) is 5.85. The van der Waals surface area contributed by atoms with Gasteiger partial charge < -0.3 is 10.3 Å². The quantitative estimate of drug-likeness (QED) is 0.684. The number of benzene rings is 1. The summed E-state index contributed by atoms with van der Waals surface area (Å²) in [5.41, 5.74) is 3.78. The number of rotatable bonds is 6. The van der Waals surface area contributed by atoms with Gasteiger partial charge in [0.1, 0.15) is 5.78 Å². The number of thiophene rings is 1. The van der Waals surface area contributed by atoms with Crippen LogP contribution < -0.4 is 5.32 Å². The number of carbonyl (C=O) groups is 1. The zero-order chi connectivity index (χ0) is 17.1. The topological polar surface area (TPSA) is 44.9 Å². The number of para-hydroxylation sites is 1. The van der Waals surface area contributed by atoms with Crippen LogP contribution in [0.5, 0.6) is 0 Å². The normalized spacial score (nSPS) is 17.6. The maximum atomic E-state index is 12.6. The molecule has 1 aliphatic rings. The molecule has 3 aromatic rings. The van der Waals surface area contributed by atoms with Crippen LogP contribution in [0.2, 0.25) is 0 Å². The van der Waals surface area contributed by atoms with Crippen LogP contribution in [0.25, 0.3) is 16.5 Å². The molecule has 0 bridgehead atoms. The number of ketones is 1. The smallest absolute Gasteiger partial charge is 0.150 e. The van der Waals surface area contributed by atoms with Crippen molar-refractivity contribution in [1.29, 1.82) is 0 Å². The first-order valence-corrected chi connectivity index (χ1v) is 9.73. The van der Waals surface area contributed by atoms with E-state index in [1.165, 1.54) is 26.9 Å². The molecule has 1 aromatic carbocycles. The molecule has 4 rings (SSSR count). The third kappa shape index (κ3) is 3.60. The summed E-state index contributed by atoms with van der Waals surface area (Å²) in [7, 11) is 0. The van der Waals surface area contributed by atoms with Gasteiger partial charge in [0, 0.05) is 34.9 Å². The molecule has 4 heteroatoms. The van der Waals surface area contributed by atoms with Gasteiger partial charge in [0.25, 0.3) is 0 Å². The van der Waals surface area contributed by atoms with Crippen molar-refractivity contribution in [3.8, 4) is 0 Å². The number of nitrogens with one attached hydrogen (secondary N) is 2. The number of aromatic amines is 1. The number of carbonyl (C=O) groups excluding carboxylic acids is 1. The predicted molar refractivity (Wildman–Crippen MR) is 105 cm³/mol. The van der Waals surface area contributed by atoms with E-state index in [1.54, 1.807) is 11.3 Å². The lowest BCUT2D eigenvalue weighted by molar-refractivity contribution is -0.121. The van der Waals surface area contributed by atoms with Crippen molar-refractivity contribution < 1.29 is 4.79 Å². The van der Waals surface area contributed by atoms with Gasteiger partial charge in [-0.2, -0.15) is 0 Å². The molecule has 0 fully saturated rings. The largest absolute Gasteiger partial charge is 0.361 e. The highest BCUT2D eigenvalue weighted by Crippen LogP contribution is 2.27. The zero-order valence-corrected chi connectivity index (χ0v) is 14.9. The average molecular weight is 350 g/mol. The number of aromatic nitrogens is 1. The van der Waals surface area contributed by atoms with E-state index < -0.39 is 0 Å². The van der Waals surface area contributed by atoms with Crippen LogP contribution in [0, 0.1) is 0 Å². The molecule has 1 unspecified atom stereocenters. The Morgan fingerprint density at radius 2 is 2.12 bits per heavy atom. The van der Waals surface area contributed by atoms with E-state index in [4.69, 9.17) is 0 Å². The summed E-state index contributed by atoms with van der Waals surface area (Å²) in [5.74, 6) is 0.335. The van der Waals surface area contributed by atoms with Crippen LogP contribution in [-0.2, 0) is 11.2 Å². The van der Waals surface area contributed by atoms with Gasteiger partial charge in [-0.25, -0.2) is 0 Å². The minimum atomic E-state index is -0.0370. The van der Waals surface area contributed by atoms with Crippen LogP contribution in [0.15, 0.2) is 54.1 Å². The van der Waals surface area contributed by atoms with Crippen molar-refractivity contribution in [2.45, 2.75) is 31.7 Å². The maximum Gasteiger partial charge on any atom is 0.150 e. The van der Waals surface area contributed by atoms with Crippen LogP contribution in [0.1, 0.15) is 29.7 Å². The molecular formula is C21H22N2OS. The Balaban J connectivity index is 1.33. The van der Waals surface area contributed by atoms with Crippen LogP contribution in [-0.4, -0.2) is 23.4 Å². The molecular weight excluding hydrogens is 328 g/mol. The average Bonchev–Trinajstić information content (AvgIpc) is 3.32. The lowest BCUT2D eigenvalue weighted by Crippen LogP contribution is -2.39. The van der Waals surface area contributed by atoms with Crippen molar-refractivity contribution in [3.05, 3.63) is 64.5 Å². The molecule has 3 heterocycles. The molecule has 0 aliphatic carbocycles. The van der Waals surface area contributed by atoms with E-state index >= 15 is 0 Å². The summed E-state index contributed by atoms with van der Waals surface area (Å²) >= 11 is 1.75. The lowest BCUT2D eigenvalue weighted by Gasteiger charge is -2.22. The van der Waals surface area contributed by atoms with Crippen molar-refractivity contribution in [2.24, 2.45) is 0 Å². The van der Waals surface area contributed by atoms with Crippen LogP contribution in [0.4, 0.5) is 0 Å². The third-order valence-electron chi connectivity index (χ3n) is 4.91. The second-order valence-electron chi connectivity index (χ2n) is 6.55. The molecule has 0 radical (unpaired) electrons. The first kappa shape index (κ1) is 16.3. The second kappa shape index (κ2) is 7.38. The molecule has 25 heavy (non-hydrogen) atoms. The number of fused-ring (bicyclic) bond motifs is 1. The molecule has 2 N–H and O–H groups in total.